The fourth-order valence-corrected chi connectivity index (χ4v) is 6.32. The highest BCUT2D eigenvalue weighted by Gasteiger charge is 2.26. The van der Waals surface area contributed by atoms with Crippen LogP contribution in [-0.2, 0) is 6.42 Å². The van der Waals surface area contributed by atoms with Crippen molar-refractivity contribution in [2.24, 2.45) is 0 Å². The van der Waals surface area contributed by atoms with Crippen LogP contribution >= 0.6 is 23.1 Å². The average molecular weight is 399 g/mol. The Kier molecular flexibility index (Phi) is 5.69. The highest BCUT2D eigenvalue weighted by Crippen LogP contribution is 2.40. The lowest BCUT2D eigenvalue weighted by Crippen LogP contribution is -2.22. The summed E-state index contributed by atoms with van der Waals surface area (Å²) >= 11 is 3.46. The quantitative estimate of drug-likeness (QED) is 0.283. The Morgan fingerprint density at radius 3 is 2.85 bits per heavy atom. The highest BCUT2D eigenvalue weighted by molar-refractivity contribution is 7.99. The van der Waals surface area contributed by atoms with E-state index in [4.69, 9.17) is 4.98 Å². The van der Waals surface area contributed by atoms with E-state index in [1.54, 1.807) is 23.1 Å². The van der Waals surface area contributed by atoms with Crippen molar-refractivity contribution >= 4 is 33.3 Å². The van der Waals surface area contributed by atoms with Gasteiger partial charge in [0, 0.05) is 10.6 Å². The zero-order valence-electron chi connectivity index (χ0n) is 16.0. The predicted octanol–water partition coefficient (Wildman–Crippen LogP) is 6.17. The van der Waals surface area contributed by atoms with Gasteiger partial charge in [0.1, 0.15) is 4.83 Å². The molecule has 1 aromatic carbocycles. The molecule has 2 heterocycles. The van der Waals surface area contributed by atoms with E-state index in [-0.39, 0.29) is 5.56 Å². The molecule has 1 aliphatic carbocycles. The van der Waals surface area contributed by atoms with Gasteiger partial charge in [0.15, 0.2) is 5.16 Å². The molecule has 2 aromatic heterocycles. The number of rotatable bonds is 6. The molecule has 0 bridgehead atoms. The van der Waals surface area contributed by atoms with Crippen LogP contribution in [0.2, 0.25) is 0 Å². The molecule has 0 saturated carbocycles. The van der Waals surface area contributed by atoms with Crippen molar-refractivity contribution in [3.8, 4) is 5.69 Å². The Bertz CT molecular complexity index is 991. The van der Waals surface area contributed by atoms with E-state index in [2.05, 4.69) is 13.8 Å². The third-order valence-corrected chi connectivity index (χ3v) is 7.52. The molecule has 0 saturated heterocycles. The van der Waals surface area contributed by atoms with E-state index in [0.29, 0.717) is 5.92 Å². The van der Waals surface area contributed by atoms with E-state index in [1.807, 2.05) is 34.9 Å². The van der Waals surface area contributed by atoms with E-state index in [9.17, 15) is 4.79 Å². The minimum absolute atomic E-state index is 0.107. The van der Waals surface area contributed by atoms with Crippen LogP contribution in [0.1, 0.15) is 62.3 Å². The Morgan fingerprint density at radius 2 is 2.07 bits per heavy atom. The van der Waals surface area contributed by atoms with Crippen molar-refractivity contribution in [3.63, 3.8) is 0 Å². The molecule has 4 rings (SSSR count). The largest absolute Gasteiger partial charge is 0.268 e. The van der Waals surface area contributed by atoms with Crippen LogP contribution in [0.4, 0.5) is 0 Å². The summed E-state index contributed by atoms with van der Waals surface area (Å²) in [6.07, 6.45) is 7.04. The fraction of sp³-hybridized carbons (Fsp3) is 0.455. The number of thiophene rings is 1. The smallest absolute Gasteiger partial charge is 0.267 e. The second-order valence-corrected chi connectivity index (χ2v) is 9.48. The molecule has 27 heavy (non-hydrogen) atoms. The van der Waals surface area contributed by atoms with Gasteiger partial charge >= 0.3 is 0 Å². The molecule has 1 unspecified atom stereocenters. The number of unbranched alkanes of at least 4 members (excludes halogenated alkanes) is 2. The van der Waals surface area contributed by atoms with Crippen LogP contribution in [0.5, 0.6) is 0 Å². The van der Waals surface area contributed by atoms with Gasteiger partial charge in [0.05, 0.1) is 11.1 Å². The Balaban J connectivity index is 1.89. The monoisotopic (exact) mass is 398 g/mol. The van der Waals surface area contributed by atoms with E-state index < -0.39 is 0 Å². The van der Waals surface area contributed by atoms with Gasteiger partial charge in [-0.15, -0.1) is 11.3 Å². The molecule has 1 atom stereocenters. The number of aryl methyl sites for hydroxylation is 1. The zero-order valence-corrected chi connectivity index (χ0v) is 17.7. The van der Waals surface area contributed by atoms with Gasteiger partial charge in [-0.1, -0.05) is 56.7 Å². The first-order valence-electron chi connectivity index (χ1n) is 9.97. The van der Waals surface area contributed by atoms with Gasteiger partial charge in [0.25, 0.3) is 5.56 Å². The lowest BCUT2D eigenvalue weighted by atomic mass is 9.88. The fourth-order valence-electron chi connectivity index (χ4n) is 3.94. The maximum absolute atomic E-state index is 13.6. The SMILES string of the molecule is CCCCCSc1nc2sc3c(c2c(=O)n1-c1ccccc1)C(C)CCC3. The number of para-hydroxylation sites is 1. The Labute approximate surface area is 168 Å². The van der Waals surface area contributed by atoms with Gasteiger partial charge in [-0.3, -0.25) is 9.36 Å². The van der Waals surface area contributed by atoms with Gasteiger partial charge in [-0.2, -0.15) is 0 Å². The standard InChI is InChI=1S/C22H26N2OS2/c1-3-4-8-14-26-22-23-20-19(18-15(2)10-9-13-17(18)27-20)21(25)24(22)16-11-6-5-7-12-16/h5-7,11-12,15H,3-4,8-10,13-14H2,1-2H3. The minimum Gasteiger partial charge on any atom is -0.268 e. The van der Waals surface area contributed by atoms with Crippen molar-refractivity contribution in [2.75, 3.05) is 5.75 Å². The third kappa shape index (κ3) is 3.59. The number of aromatic nitrogens is 2. The lowest BCUT2D eigenvalue weighted by Gasteiger charge is -2.19. The summed E-state index contributed by atoms with van der Waals surface area (Å²) in [6, 6.07) is 9.98. The van der Waals surface area contributed by atoms with Gasteiger partial charge in [-0.25, -0.2) is 4.98 Å². The molecule has 0 radical (unpaired) electrons. The van der Waals surface area contributed by atoms with Crippen molar-refractivity contribution < 1.29 is 0 Å². The lowest BCUT2D eigenvalue weighted by molar-refractivity contribution is 0.601. The number of hydrogen-bond acceptors (Lipinski definition) is 4. The normalized spacial score (nSPS) is 16.6. The molecule has 3 nitrogen and oxygen atoms in total. The highest BCUT2D eigenvalue weighted by atomic mass is 32.2. The first kappa shape index (κ1) is 18.8. The van der Waals surface area contributed by atoms with Crippen LogP contribution in [0, 0.1) is 0 Å². The summed E-state index contributed by atoms with van der Waals surface area (Å²) in [7, 11) is 0. The van der Waals surface area contributed by atoms with Crippen LogP contribution in [-0.4, -0.2) is 15.3 Å². The molecule has 1 aliphatic rings. The van der Waals surface area contributed by atoms with Crippen molar-refractivity contribution in [3.05, 3.63) is 51.1 Å². The summed E-state index contributed by atoms with van der Waals surface area (Å²) in [6.45, 7) is 4.47. The molecular weight excluding hydrogens is 372 g/mol. The van der Waals surface area contributed by atoms with Crippen molar-refractivity contribution in [1.29, 1.82) is 0 Å². The molecule has 0 N–H and O–H groups in total. The molecule has 0 amide bonds. The molecule has 0 aliphatic heterocycles. The van der Waals surface area contributed by atoms with E-state index in [0.717, 1.165) is 46.1 Å². The summed E-state index contributed by atoms with van der Waals surface area (Å²) in [4.78, 5) is 20.9. The van der Waals surface area contributed by atoms with Gasteiger partial charge < -0.3 is 0 Å². The average Bonchev–Trinajstić information content (AvgIpc) is 3.06. The van der Waals surface area contributed by atoms with Gasteiger partial charge in [-0.05, 0) is 49.3 Å². The predicted molar refractivity (Wildman–Crippen MR) is 117 cm³/mol. The Morgan fingerprint density at radius 1 is 1.26 bits per heavy atom. The number of thioether (sulfide) groups is 1. The van der Waals surface area contributed by atoms with Crippen LogP contribution in [0.25, 0.3) is 15.9 Å². The number of hydrogen-bond donors (Lipinski definition) is 0. The number of benzene rings is 1. The molecule has 0 spiro atoms. The maximum atomic E-state index is 13.6. The first-order valence-corrected chi connectivity index (χ1v) is 11.8. The Hall–Kier alpha value is -1.59. The summed E-state index contributed by atoms with van der Waals surface area (Å²) in [5.74, 6) is 1.45. The molecular formula is C22H26N2OS2. The van der Waals surface area contributed by atoms with Crippen LogP contribution in [0.3, 0.4) is 0 Å². The zero-order chi connectivity index (χ0) is 18.8. The van der Waals surface area contributed by atoms with Crippen molar-refractivity contribution in [2.45, 2.75) is 63.4 Å². The summed E-state index contributed by atoms with van der Waals surface area (Å²) < 4.78 is 1.84. The second-order valence-electron chi connectivity index (χ2n) is 7.34. The van der Waals surface area contributed by atoms with Crippen LogP contribution in [0.15, 0.2) is 40.3 Å². The molecule has 5 heteroatoms. The number of nitrogens with zero attached hydrogens (tertiary/aromatic N) is 2. The second kappa shape index (κ2) is 8.19. The first-order chi connectivity index (χ1) is 13.2. The van der Waals surface area contributed by atoms with Crippen molar-refractivity contribution in [1.82, 2.24) is 9.55 Å². The molecule has 0 fully saturated rings. The van der Waals surface area contributed by atoms with E-state index in [1.165, 1.54) is 29.7 Å². The van der Waals surface area contributed by atoms with Crippen LogP contribution < -0.4 is 5.56 Å². The number of fused-ring (bicyclic) bond motifs is 3. The molecule has 142 valence electrons. The van der Waals surface area contributed by atoms with Gasteiger partial charge in [0.2, 0.25) is 0 Å². The minimum atomic E-state index is 0.107. The third-order valence-electron chi connectivity index (χ3n) is 5.34. The van der Waals surface area contributed by atoms with E-state index >= 15 is 0 Å². The maximum Gasteiger partial charge on any atom is 0.267 e. The molecule has 3 aromatic rings. The summed E-state index contributed by atoms with van der Waals surface area (Å²) in [5.41, 5.74) is 2.29. The topological polar surface area (TPSA) is 34.9 Å². The summed E-state index contributed by atoms with van der Waals surface area (Å²) in [5, 5.41) is 1.70.